The third kappa shape index (κ3) is 4.13. The lowest BCUT2D eigenvalue weighted by atomic mass is 9.98. The Hall–Kier alpha value is -3.35. The van der Waals surface area contributed by atoms with E-state index in [1.165, 1.54) is 4.90 Å². The molecule has 1 aliphatic heterocycles. The Kier molecular flexibility index (Phi) is 5.93. The van der Waals surface area contributed by atoms with Crippen LogP contribution in [0.2, 0.25) is 0 Å². The van der Waals surface area contributed by atoms with Crippen molar-refractivity contribution in [3.05, 3.63) is 59.7 Å². The summed E-state index contributed by atoms with van der Waals surface area (Å²) in [7, 11) is 0. The zero-order chi connectivity index (χ0) is 22.0. The van der Waals surface area contributed by atoms with Crippen LogP contribution in [0.3, 0.4) is 0 Å². The average molecular weight is 422 g/mol. The van der Waals surface area contributed by atoms with E-state index in [-0.39, 0.29) is 12.5 Å². The maximum atomic E-state index is 12.7. The van der Waals surface area contributed by atoms with E-state index in [0.717, 1.165) is 35.1 Å². The molecule has 0 aromatic heterocycles. The van der Waals surface area contributed by atoms with Gasteiger partial charge in [0.1, 0.15) is 18.7 Å². The predicted molar refractivity (Wildman–Crippen MR) is 115 cm³/mol. The molecule has 31 heavy (non-hydrogen) atoms. The van der Waals surface area contributed by atoms with E-state index in [9.17, 15) is 19.5 Å². The minimum Gasteiger partial charge on any atom is -0.480 e. The minimum absolute atomic E-state index is 0.0670. The van der Waals surface area contributed by atoms with Crippen LogP contribution in [0.15, 0.2) is 48.5 Å². The highest BCUT2D eigenvalue weighted by Gasteiger charge is 2.35. The molecule has 2 aromatic rings. The first-order valence-electron chi connectivity index (χ1n) is 10.6. The van der Waals surface area contributed by atoms with Crippen molar-refractivity contribution >= 4 is 18.0 Å². The largest absolute Gasteiger partial charge is 0.480 e. The number of benzene rings is 2. The standard InChI is InChI=1S/C24H26N2O5/c1-15(22(27)26-13-7-6-12-21(26)23(28)29)25-24(30)31-14-20-18-10-4-2-8-16(18)17-9-3-5-11-19(17)20/h2-5,8-11,15,20-21H,6-7,12-14H2,1H3,(H,25,30)(H,28,29)/t15?,21-/m0/s1. The van der Waals surface area contributed by atoms with Gasteiger partial charge in [0.05, 0.1) is 0 Å². The molecular formula is C24H26N2O5. The van der Waals surface area contributed by atoms with Gasteiger partial charge >= 0.3 is 12.1 Å². The van der Waals surface area contributed by atoms with Crippen LogP contribution >= 0.6 is 0 Å². The monoisotopic (exact) mass is 422 g/mol. The van der Waals surface area contributed by atoms with Crippen molar-refractivity contribution in [2.45, 2.75) is 44.2 Å². The number of piperidine rings is 1. The molecule has 2 amide bonds. The van der Waals surface area contributed by atoms with Crippen molar-refractivity contribution in [3.8, 4) is 11.1 Å². The maximum Gasteiger partial charge on any atom is 0.407 e. The van der Waals surface area contributed by atoms with Crippen LogP contribution in [-0.2, 0) is 14.3 Å². The van der Waals surface area contributed by atoms with Crippen LogP contribution in [0.4, 0.5) is 4.79 Å². The SMILES string of the molecule is CC(NC(=O)OCC1c2ccccc2-c2ccccc21)C(=O)N1CCCC[C@H]1C(=O)O. The first-order valence-corrected chi connectivity index (χ1v) is 10.6. The fraction of sp³-hybridized carbons (Fsp3) is 0.375. The van der Waals surface area contributed by atoms with Crippen molar-refractivity contribution < 1.29 is 24.2 Å². The van der Waals surface area contributed by atoms with Gasteiger partial charge in [-0.3, -0.25) is 4.79 Å². The maximum absolute atomic E-state index is 12.7. The van der Waals surface area contributed by atoms with E-state index in [2.05, 4.69) is 17.4 Å². The number of amides is 2. The van der Waals surface area contributed by atoms with E-state index in [1.54, 1.807) is 6.92 Å². The topological polar surface area (TPSA) is 95.9 Å². The van der Waals surface area contributed by atoms with Gasteiger partial charge in [-0.2, -0.15) is 0 Å². The summed E-state index contributed by atoms with van der Waals surface area (Å²) in [6.45, 7) is 2.09. The molecule has 0 spiro atoms. The normalized spacial score (nSPS) is 18.6. The lowest BCUT2D eigenvalue weighted by molar-refractivity contribution is -0.152. The highest BCUT2D eigenvalue weighted by Crippen LogP contribution is 2.44. The van der Waals surface area contributed by atoms with Crippen molar-refractivity contribution in [2.75, 3.05) is 13.2 Å². The van der Waals surface area contributed by atoms with Crippen molar-refractivity contribution in [3.63, 3.8) is 0 Å². The second kappa shape index (κ2) is 8.79. The van der Waals surface area contributed by atoms with Gasteiger partial charge in [0.25, 0.3) is 0 Å². The van der Waals surface area contributed by atoms with E-state index in [4.69, 9.17) is 4.74 Å². The molecule has 1 heterocycles. The number of carbonyl (C=O) groups excluding carboxylic acids is 2. The fourth-order valence-electron chi connectivity index (χ4n) is 4.58. The number of rotatable bonds is 5. The number of carboxylic acid groups (broad SMARTS) is 1. The number of carboxylic acids is 1. The number of aliphatic carboxylic acids is 1. The summed E-state index contributed by atoms with van der Waals surface area (Å²) in [6.07, 6.45) is 1.27. The van der Waals surface area contributed by atoms with Gasteiger partial charge in [0.2, 0.25) is 5.91 Å². The zero-order valence-electron chi connectivity index (χ0n) is 17.4. The molecular weight excluding hydrogens is 396 g/mol. The number of hydrogen-bond donors (Lipinski definition) is 2. The van der Waals surface area contributed by atoms with Crippen LogP contribution in [0.25, 0.3) is 11.1 Å². The molecule has 1 unspecified atom stereocenters. The molecule has 0 saturated carbocycles. The van der Waals surface area contributed by atoms with Gasteiger partial charge in [-0.25, -0.2) is 9.59 Å². The van der Waals surface area contributed by atoms with Gasteiger partial charge in [-0.15, -0.1) is 0 Å². The number of likely N-dealkylation sites (tertiary alicyclic amines) is 1. The van der Waals surface area contributed by atoms with Crippen molar-refractivity contribution in [1.29, 1.82) is 0 Å². The van der Waals surface area contributed by atoms with Gasteiger partial charge in [0.15, 0.2) is 0 Å². The van der Waals surface area contributed by atoms with Gasteiger partial charge in [-0.05, 0) is 48.4 Å². The molecule has 2 aromatic carbocycles. The Morgan fingerprint density at radius 1 is 1.06 bits per heavy atom. The molecule has 2 atom stereocenters. The van der Waals surface area contributed by atoms with Crippen molar-refractivity contribution in [1.82, 2.24) is 10.2 Å². The summed E-state index contributed by atoms with van der Waals surface area (Å²) >= 11 is 0. The first kappa shape index (κ1) is 20.9. The van der Waals surface area contributed by atoms with Crippen LogP contribution in [-0.4, -0.2) is 53.2 Å². The second-order valence-corrected chi connectivity index (χ2v) is 8.07. The molecule has 2 N–H and O–H groups in total. The van der Waals surface area contributed by atoms with Crippen LogP contribution in [0, 0.1) is 0 Å². The van der Waals surface area contributed by atoms with E-state index in [1.807, 2.05) is 36.4 Å². The molecule has 0 bridgehead atoms. The Balaban J connectivity index is 1.38. The predicted octanol–water partition coefficient (Wildman–Crippen LogP) is 3.38. The second-order valence-electron chi connectivity index (χ2n) is 8.07. The molecule has 7 nitrogen and oxygen atoms in total. The molecule has 1 saturated heterocycles. The van der Waals surface area contributed by atoms with Crippen molar-refractivity contribution in [2.24, 2.45) is 0 Å². The Morgan fingerprint density at radius 2 is 1.68 bits per heavy atom. The zero-order valence-corrected chi connectivity index (χ0v) is 17.4. The molecule has 162 valence electrons. The Morgan fingerprint density at radius 3 is 2.29 bits per heavy atom. The Labute approximate surface area is 181 Å². The van der Waals surface area contributed by atoms with E-state index < -0.39 is 30.1 Å². The van der Waals surface area contributed by atoms with Crippen LogP contribution in [0.1, 0.15) is 43.2 Å². The molecule has 4 rings (SSSR count). The average Bonchev–Trinajstić information content (AvgIpc) is 3.11. The van der Waals surface area contributed by atoms with Gasteiger partial charge in [-0.1, -0.05) is 48.5 Å². The van der Waals surface area contributed by atoms with Crippen LogP contribution < -0.4 is 5.32 Å². The van der Waals surface area contributed by atoms with Gasteiger partial charge < -0.3 is 20.1 Å². The lowest BCUT2D eigenvalue weighted by Crippen LogP contribution is -2.54. The molecule has 7 heteroatoms. The van der Waals surface area contributed by atoms with E-state index >= 15 is 0 Å². The summed E-state index contributed by atoms with van der Waals surface area (Å²) in [5, 5.41) is 11.9. The summed E-state index contributed by atoms with van der Waals surface area (Å²) < 4.78 is 5.49. The number of carbonyl (C=O) groups is 3. The Bertz CT molecular complexity index is 959. The molecule has 2 aliphatic rings. The smallest absolute Gasteiger partial charge is 0.407 e. The third-order valence-electron chi connectivity index (χ3n) is 6.12. The van der Waals surface area contributed by atoms with Crippen LogP contribution in [0.5, 0.6) is 0 Å². The number of nitrogens with zero attached hydrogens (tertiary/aromatic N) is 1. The molecule has 0 radical (unpaired) electrons. The quantitative estimate of drug-likeness (QED) is 0.770. The minimum atomic E-state index is -1.01. The molecule has 1 fully saturated rings. The summed E-state index contributed by atoms with van der Waals surface area (Å²) in [5.41, 5.74) is 4.50. The number of nitrogens with one attached hydrogen (secondary N) is 1. The number of ether oxygens (including phenoxy) is 1. The fourth-order valence-corrected chi connectivity index (χ4v) is 4.58. The summed E-state index contributed by atoms with van der Waals surface area (Å²) in [6, 6.07) is 14.4. The van der Waals surface area contributed by atoms with E-state index in [0.29, 0.717) is 13.0 Å². The molecule has 1 aliphatic carbocycles. The van der Waals surface area contributed by atoms with Gasteiger partial charge in [0, 0.05) is 12.5 Å². The highest BCUT2D eigenvalue weighted by molar-refractivity contribution is 5.89. The lowest BCUT2D eigenvalue weighted by Gasteiger charge is -2.34. The highest BCUT2D eigenvalue weighted by atomic mass is 16.5. The summed E-state index contributed by atoms with van der Waals surface area (Å²) in [4.78, 5) is 38.0. The third-order valence-corrected chi connectivity index (χ3v) is 6.12. The number of fused-ring (bicyclic) bond motifs is 3. The first-order chi connectivity index (χ1) is 15.0. The number of alkyl carbamates (subject to hydrolysis) is 1. The summed E-state index contributed by atoms with van der Waals surface area (Å²) in [5.74, 6) is -1.48. The number of hydrogen-bond acceptors (Lipinski definition) is 4.